The number of amides is 1. The van der Waals surface area contributed by atoms with Crippen molar-refractivity contribution in [2.75, 3.05) is 18.5 Å². The third kappa shape index (κ3) is 5.95. The average molecular weight is 352 g/mol. The van der Waals surface area contributed by atoms with Crippen molar-refractivity contribution >= 4 is 17.6 Å². The lowest BCUT2D eigenvalue weighted by molar-refractivity contribution is -0.115. The lowest BCUT2D eigenvalue weighted by Crippen LogP contribution is -2.13. The third-order valence-corrected chi connectivity index (χ3v) is 3.54. The van der Waals surface area contributed by atoms with E-state index in [1.165, 1.54) is 5.56 Å². The first-order chi connectivity index (χ1) is 12.6. The molecule has 2 aromatic carbocycles. The zero-order valence-electron chi connectivity index (χ0n) is 14.5. The van der Waals surface area contributed by atoms with Gasteiger partial charge in [0.25, 0.3) is 0 Å². The fourth-order valence-electron chi connectivity index (χ4n) is 2.20. The van der Waals surface area contributed by atoms with Crippen LogP contribution in [0.5, 0.6) is 5.75 Å². The van der Waals surface area contributed by atoms with E-state index in [1.807, 2.05) is 24.3 Å². The molecular formula is C20H20N2O4. The van der Waals surface area contributed by atoms with E-state index >= 15 is 0 Å². The van der Waals surface area contributed by atoms with Crippen molar-refractivity contribution in [3.05, 3.63) is 59.7 Å². The number of rotatable bonds is 8. The first kappa shape index (κ1) is 19.0. The summed E-state index contributed by atoms with van der Waals surface area (Å²) < 4.78 is 10.7. The quantitative estimate of drug-likeness (QED) is 0.581. The van der Waals surface area contributed by atoms with Gasteiger partial charge in [-0.1, -0.05) is 19.1 Å². The Bertz CT molecular complexity index is 794. The molecule has 2 rings (SSSR count). The summed E-state index contributed by atoms with van der Waals surface area (Å²) in [5, 5.41) is 11.0. The number of carbonyl (C=O) groups is 2. The number of benzene rings is 2. The van der Waals surface area contributed by atoms with Gasteiger partial charge in [0.15, 0.2) is 0 Å². The van der Waals surface area contributed by atoms with Crippen LogP contribution in [0.3, 0.4) is 0 Å². The summed E-state index contributed by atoms with van der Waals surface area (Å²) in [4.78, 5) is 23.3. The molecule has 0 spiro atoms. The van der Waals surface area contributed by atoms with E-state index in [9.17, 15) is 9.59 Å². The first-order valence-corrected chi connectivity index (χ1v) is 8.28. The molecule has 0 radical (unpaired) electrons. The van der Waals surface area contributed by atoms with Gasteiger partial charge in [0.2, 0.25) is 5.91 Å². The molecular weight excluding hydrogens is 332 g/mol. The average Bonchev–Trinajstić information content (AvgIpc) is 2.66. The van der Waals surface area contributed by atoms with Crippen molar-refractivity contribution < 1.29 is 19.1 Å². The topological polar surface area (TPSA) is 88.4 Å². The number of hydrogen-bond acceptors (Lipinski definition) is 5. The number of nitrogens with one attached hydrogen (secondary N) is 1. The third-order valence-electron chi connectivity index (χ3n) is 3.54. The molecule has 134 valence electrons. The van der Waals surface area contributed by atoms with Crippen molar-refractivity contribution in [2.45, 2.75) is 19.8 Å². The van der Waals surface area contributed by atoms with Gasteiger partial charge in [0.1, 0.15) is 25.4 Å². The van der Waals surface area contributed by atoms with Gasteiger partial charge in [-0.15, -0.1) is 0 Å². The van der Waals surface area contributed by atoms with Crippen LogP contribution in [0.4, 0.5) is 5.69 Å². The van der Waals surface area contributed by atoms with Gasteiger partial charge in [0.05, 0.1) is 11.6 Å². The van der Waals surface area contributed by atoms with Crippen molar-refractivity contribution in [2.24, 2.45) is 0 Å². The van der Waals surface area contributed by atoms with Gasteiger partial charge in [0, 0.05) is 5.69 Å². The number of carbonyl (C=O) groups excluding carboxylic acids is 2. The van der Waals surface area contributed by atoms with Crippen LogP contribution in [0.25, 0.3) is 0 Å². The predicted molar refractivity (Wildman–Crippen MR) is 96.9 cm³/mol. The molecule has 0 atom stereocenters. The minimum Gasteiger partial charge on any atom is -0.490 e. The summed E-state index contributed by atoms with van der Waals surface area (Å²) >= 11 is 0. The molecule has 0 fully saturated rings. The van der Waals surface area contributed by atoms with Crippen LogP contribution in [0, 0.1) is 11.3 Å². The van der Waals surface area contributed by atoms with E-state index in [-0.39, 0.29) is 19.6 Å². The predicted octanol–water partition coefficient (Wildman–Crippen LogP) is 3.34. The number of ether oxygens (including phenoxy) is 2. The number of hydrogen-bond donors (Lipinski definition) is 1. The monoisotopic (exact) mass is 352 g/mol. The molecule has 0 saturated carbocycles. The molecule has 0 unspecified atom stereocenters. The second-order valence-electron chi connectivity index (χ2n) is 5.45. The highest BCUT2D eigenvalue weighted by Crippen LogP contribution is 2.14. The molecule has 2 aromatic rings. The number of nitrogens with zero attached hydrogens (tertiary/aromatic N) is 1. The van der Waals surface area contributed by atoms with Crippen molar-refractivity contribution in [1.29, 1.82) is 5.26 Å². The Balaban J connectivity index is 1.77. The fourth-order valence-corrected chi connectivity index (χ4v) is 2.20. The largest absolute Gasteiger partial charge is 0.490 e. The van der Waals surface area contributed by atoms with Crippen LogP contribution in [0.15, 0.2) is 48.5 Å². The van der Waals surface area contributed by atoms with E-state index in [4.69, 9.17) is 14.7 Å². The summed E-state index contributed by atoms with van der Waals surface area (Å²) in [5.74, 6) is -0.115. The molecule has 26 heavy (non-hydrogen) atoms. The second-order valence-corrected chi connectivity index (χ2v) is 5.45. The molecule has 0 aliphatic heterocycles. The zero-order valence-corrected chi connectivity index (χ0v) is 14.5. The van der Waals surface area contributed by atoms with Crippen molar-refractivity contribution in [1.82, 2.24) is 0 Å². The lowest BCUT2D eigenvalue weighted by Gasteiger charge is -2.09. The fraction of sp³-hybridized carbons (Fsp3) is 0.250. The normalized spacial score (nSPS) is 9.85. The van der Waals surface area contributed by atoms with Crippen LogP contribution in [-0.4, -0.2) is 25.1 Å². The molecule has 0 aliphatic rings. The smallest absolute Gasteiger partial charge is 0.338 e. The van der Waals surface area contributed by atoms with Crippen LogP contribution >= 0.6 is 0 Å². The summed E-state index contributed by atoms with van der Waals surface area (Å²) in [7, 11) is 0. The Labute approximate surface area is 152 Å². The molecule has 0 heterocycles. The highest BCUT2D eigenvalue weighted by molar-refractivity contribution is 5.93. The highest BCUT2D eigenvalue weighted by Gasteiger charge is 2.08. The summed E-state index contributed by atoms with van der Waals surface area (Å²) in [6.45, 7) is 2.47. The van der Waals surface area contributed by atoms with Crippen molar-refractivity contribution in [3.8, 4) is 11.8 Å². The van der Waals surface area contributed by atoms with E-state index in [0.29, 0.717) is 11.3 Å². The number of aryl methyl sites for hydroxylation is 1. The molecule has 6 heteroatoms. The minimum absolute atomic E-state index is 0.135. The second kappa shape index (κ2) is 9.84. The highest BCUT2D eigenvalue weighted by atomic mass is 16.6. The van der Waals surface area contributed by atoms with Gasteiger partial charge in [-0.3, -0.25) is 4.79 Å². The molecule has 0 saturated heterocycles. The number of anilines is 1. The standard InChI is InChI=1S/C20H20N2O4/c1-2-15-4-3-5-18(14-15)25-12-13-26-20(24)16-6-8-17(9-7-16)22-19(23)10-11-21/h3-9,14H,2,10,12-13H2,1H3,(H,22,23). The molecule has 1 N–H and O–H groups in total. The van der Waals surface area contributed by atoms with Crippen LogP contribution < -0.4 is 10.1 Å². The zero-order chi connectivity index (χ0) is 18.8. The van der Waals surface area contributed by atoms with Gasteiger partial charge in [-0.2, -0.15) is 5.26 Å². The van der Waals surface area contributed by atoms with Crippen LogP contribution in [0.1, 0.15) is 29.3 Å². The minimum atomic E-state index is -0.467. The van der Waals surface area contributed by atoms with E-state index in [1.54, 1.807) is 30.3 Å². The Hall–Kier alpha value is -3.33. The maximum atomic E-state index is 12.0. The Kier molecular flexibility index (Phi) is 7.19. The number of nitriles is 1. The number of esters is 1. The van der Waals surface area contributed by atoms with E-state index in [0.717, 1.165) is 12.2 Å². The van der Waals surface area contributed by atoms with Gasteiger partial charge in [-0.25, -0.2) is 4.79 Å². The molecule has 6 nitrogen and oxygen atoms in total. The first-order valence-electron chi connectivity index (χ1n) is 8.28. The van der Waals surface area contributed by atoms with Gasteiger partial charge in [-0.05, 0) is 48.4 Å². The van der Waals surface area contributed by atoms with Crippen LogP contribution in [-0.2, 0) is 16.0 Å². The molecule has 0 bridgehead atoms. The van der Waals surface area contributed by atoms with E-state index < -0.39 is 11.9 Å². The summed E-state index contributed by atoms with van der Waals surface area (Å²) in [6, 6.07) is 15.8. The lowest BCUT2D eigenvalue weighted by atomic mass is 10.2. The SMILES string of the molecule is CCc1cccc(OCCOC(=O)c2ccc(NC(=O)CC#N)cc2)c1. The van der Waals surface area contributed by atoms with Crippen LogP contribution in [0.2, 0.25) is 0 Å². The molecule has 1 amide bonds. The molecule has 0 aromatic heterocycles. The van der Waals surface area contributed by atoms with E-state index in [2.05, 4.69) is 12.2 Å². The maximum absolute atomic E-state index is 12.0. The Morgan fingerprint density at radius 1 is 1.12 bits per heavy atom. The maximum Gasteiger partial charge on any atom is 0.338 e. The Morgan fingerprint density at radius 2 is 1.88 bits per heavy atom. The summed E-state index contributed by atoms with van der Waals surface area (Å²) in [6.07, 6.45) is 0.712. The molecule has 0 aliphatic carbocycles. The van der Waals surface area contributed by atoms with Gasteiger partial charge >= 0.3 is 5.97 Å². The Morgan fingerprint density at radius 3 is 2.58 bits per heavy atom. The summed E-state index contributed by atoms with van der Waals surface area (Å²) in [5.41, 5.74) is 2.07. The van der Waals surface area contributed by atoms with Crippen molar-refractivity contribution in [3.63, 3.8) is 0 Å². The van der Waals surface area contributed by atoms with Gasteiger partial charge < -0.3 is 14.8 Å².